The normalized spacial score (nSPS) is 12.2. The van der Waals surface area contributed by atoms with Gasteiger partial charge < -0.3 is 10.1 Å². The molecule has 1 N–H and O–H groups in total. The van der Waals surface area contributed by atoms with Gasteiger partial charge in [0.2, 0.25) is 15.9 Å². The van der Waals surface area contributed by atoms with Crippen LogP contribution in [0.1, 0.15) is 35.3 Å². The van der Waals surface area contributed by atoms with Crippen LogP contribution in [0.25, 0.3) is 0 Å². The van der Waals surface area contributed by atoms with E-state index < -0.39 is 27.9 Å². The van der Waals surface area contributed by atoms with E-state index in [1.165, 1.54) is 25.1 Å². The molecule has 30 heavy (non-hydrogen) atoms. The number of carbonyl (C=O) groups excluding carboxylic acids is 2. The number of halogens is 1. The summed E-state index contributed by atoms with van der Waals surface area (Å²) < 4.78 is 31.0. The maximum atomic E-state index is 12.9. The van der Waals surface area contributed by atoms with Crippen LogP contribution in [-0.2, 0) is 19.6 Å². The summed E-state index contributed by atoms with van der Waals surface area (Å²) in [6, 6.07) is 8.75. The van der Waals surface area contributed by atoms with Crippen molar-refractivity contribution < 1.29 is 22.7 Å². The Balaban J connectivity index is 2.31. The summed E-state index contributed by atoms with van der Waals surface area (Å²) in [4.78, 5) is 24.7. The highest BCUT2D eigenvalue weighted by Gasteiger charge is 2.30. The second-order valence-electron chi connectivity index (χ2n) is 6.93. The van der Waals surface area contributed by atoms with Crippen LogP contribution < -0.4 is 9.62 Å². The Morgan fingerprint density at radius 3 is 2.40 bits per heavy atom. The van der Waals surface area contributed by atoms with Crippen LogP contribution in [-0.4, -0.2) is 39.2 Å². The molecule has 9 heteroatoms. The summed E-state index contributed by atoms with van der Waals surface area (Å²) in [5.41, 5.74) is 2.55. The van der Waals surface area contributed by atoms with Crippen LogP contribution in [0, 0.1) is 13.8 Å². The number of ether oxygens (including phenoxy) is 1. The molecule has 0 radical (unpaired) electrons. The molecule has 2 rings (SSSR count). The molecule has 1 atom stereocenters. The molecule has 2 aromatic rings. The Kier molecular flexibility index (Phi) is 7.49. The predicted molar refractivity (Wildman–Crippen MR) is 119 cm³/mol. The van der Waals surface area contributed by atoms with Crippen molar-refractivity contribution in [2.24, 2.45) is 0 Å². The largest absolute Gasteiger partial charge is 0.462 e. The molecule has 0 heterocycles. The maximum Gasteiger partial charge on any atom is 0.339 e. The van der Waals surface area contributed by atoms with Crippen LogP contribution in [0.15, 0.2) is 36.4 Å². The van der Waals surface area contributed by atoms with Gasteiger partial charge in [-0.25, -0.2) is 13.2 Å². The molecular weight excluding hydrogens is 428 g/mol. The van der Waals surface area contributed by atoms with E-state index in [-0.39, 0.29) is 17.2 Å². The molecule has 0 saturated carbocycles. The molecule has 7 nitrogen and oxygen atoms in total. The van der Waals surface area contributed by atoms with Crippen molar-refractivity contribution in [1.82, 2.24) is 0 Å². The highest BCUT2D eigenvalue weighted by molar-refractivity contribution is 7.92. The van der Waals surface area contributed by atoms with Crippen molar-refractivity contribution in [3.05, 3.63) is 58.1 Å². The maximum absolute atomic E-state index is 12.9. The zero-order valence-electron chi connectivity index (χ0n) is 17.5. The van der Waals surface area contributed by atoms with Gasteiger partial charge in [-0.1, -0.05) is 23.7 Å². The molecule has 0 fully saturated rings. The Morgan fingerprint density at radius 2 is 1.83 bits per heavy atom. The van der Waals surface area contributed by atoms with E-state index in [1.54, 1.807) is 26.0 Å². The Hall–Kier alpha value is -2.58. The van der Waals surface area contributed by atoms with Crippen LogP contribution in [0.5, 0.6) is 0 Å². The van der Waals surface area contributed by atoms with Gasteiger partial charge in [-0.05, 0) is 63.1 Å². The van der Waals surface area contributed by atoms with E-state index in [9.17, 15) is 18.0 Å². The summed E-state index contributed by atoms with van der Waals surface area (Å²) in [6.07, 6.45) is 1.06. The first-order valence-electron chi connectivity index (χ1n) is 9.30. The molecule has 2 aromatic carbocycles. The molecule has 162 valence electrons. The third kappa shape index (κ3) is 5.52. The molecule has 0 unspecified atom stereocenters. The number of amides is 1. The van der Waals surface area contributed by atoms with Gasteiger partial charge in [-0.3, -0.25) is 9.10 Å². The Bertz CT molecular complexity index is 1070. The first kappa shape index (κ1) is 23.7. The van der Waals surface area contributed by atoms with Gasteiger partial charge in [0.05, 0.1) is 29.1 Å². The van der Waals surface area contributed by atoms with Crippen molar-refractivity contribution in [2.45, 2.75) is 33.7 Å². The van der Waals surface area contributed by atoms with E-state index in [4.69, 9.17) is 16.3 Å². The first-order chi connectivity index (χ1) is 14.0. The van der Waals surface area contributed by atoms with Gasteiger partial charge in [-0.2, -0.15) is 0 Å². The zero-order chi connectivity index (χ0) is 22.6. The van der Waals surface area contributed by atoms with Gasteiger partial charge in [0.1, 0.15) is 6.04 Å². The second kappa shape index (κ2) is 9.49. The SMILES string of the molecule is CCOC(=O)c1ccc(NC(=O)[C@@H](C)N(c2cc(C)ccc2C)S(C)(=O)=O)cc1Cl. The number of esters is 1. The summed E-state index contributed by atoms with van der Waals surface area (Å²) in [6.45, 7) is 7.04. The zero-order valence-corrected chi connectivity index (χ0v) is 19.1. The number of nitrogens with zero attached hydrogens (tertiary/aromatic N) is 1. The number of nitrogens with one attached hydrogen (secondary N) is 1. The first-order valence-corrected chi connectivity index (χ1v) is 11.5. The minimum Gasteiger partial charge on any atom is -0.462 e. The van der Waals surface area contributed by atoms with E-state index >= 15 is 0 Å². The molecule has 0 aliphatic rings. The summed E-state index contributed by atoms with van der Waals surface area (Å²) >= 11 is 6.13. The number of hydrogen-bond donors (Lipinski definition) is 1. The number of rotatable bonds is 7. The summed E-state index contributed by atoms with van der Waals surface area (Å²) in [5.74, 6) is -1.10. The fourth-order valence-electron chi connectivity index (χ4n) is 2.95. The van der Waals surface area contributed by atoms with Crippen LogP contribution in [0.3, 0.4) is 0 Å². The lowest BCUT2D eigenvalue weighted by Crippen LogP contribution is -2.45. The number of benzene rings is 2. The van der Waals surface area contributed by atoms with Crippen LogP contribution >= 0.6 is 11.6 Å². The number of aryl methyl sites for hydroxylation is 2. The summed E-state index contributed by atoms with van der Waals surface area (Å²) in [5, 5.41) is 2.77. The van der Waals surface area contributed by atoms with Crippen molar-refractivity contribution in [2.75, 3.05) is 22.5 Å². The molecular formula is C21H25ClN2O5S. The lowest BCUT2D eigenvalue weighted by molar-refractivity contribution is -0.116. The molecule has 0 bridgehead atoms. The molecule has 0 saturated heterocycles. The van der Waals surface area contributed by atoms with Crippen LogP contribution in [0.4, 0.5) is 11.4 Å². The van der Waals surface area contributed by atoms with Crippen molar-refractivity contribution in [3.8, 4) is 0 Å². The topological polar surface area (TPSA) is 92.8 Å². The Morgan fingerprint density at radius 1 is 1.17 bits per heavy atom. The molecule has 0 aliphatic carbocycles. The number of hydrogen-bond acceptors (Lipinski definition) is 5. The standard InChI is InChI=1S/C21H25ClN2O5S/c1-6-29-21(26)17-10-9-16(12-18(17)22)23-20(25)15(4)24(30(5,27)28)19-11-13(2)7-8-14(19)3/h7-12,15H,6H2,1-5H3,(H,23,25)/t15-/m1/s1. The Labute approximate surface area is 182 Å². The van der Waals surface area contributed by atoms with Gasteiger partial charge in [0, 0.05) is 5.69 Å². The highest BCUT2D eigenvalue weighted by Crippen LogP contribution is 2.27. The van der Waals surface area contributed by atoms with E-state index in [0.717, 1.165) is 21.7 Å². The number of sulfonamides is 1. The smallest absolute Gasteiger partial charge is 0.339 e. The third-order valence-corrected chi connectivity index (χ3v) is 5.96. The predicted octanol–water partition coefficient (Wildman–Crippen LogP) is 3.93. The quantitative estimate of drug-likeness (QED) is 0.642. The minimum absolute atomic E-state index is 0.119. The lowest BCUT2D eigenvalue weighted by Gasteiger charge is -2.29. The number of carbonyl (C=O) groups is 2. The minimum atomic E-state index is -3.74. The van der Waals surface area contributed by atoms with E-state index in [0.29, 0.717) is 11.4 Å². The average molecular weight is 453 g/mol. The molecule has 0 aliphatic heterocycles. The second-order valence-corrected chi connectivity index (χ2v) is 9.20. The van der Waals surface area contributed by atoms with Crippen molar-refractivity contribution in [1.29, 1.82) is 0 Å². The monoisotopic (exact) mass is 452 g/mol. The summed E-state index contributed by atoms with van der Waals surface area (Å²) in [7, 11) is -3.74. The lowest BCUT2D eigenvalue weighted by atomic mass is 10.1. The fraction of sp³-hybridized carbons (Fsp3) is 0.333. The van der Waals surface area contributed by atoms with Gasteiger partial charge in [0.15, 0.2) is 0 Å². The number of anilines is 2. The molecule has 1 amide bonds. The van der Waals surface area contributed by atoms with Gasteiger partial charge in [-0.15, -0.1) is 0 Å². The van der Waals surface area contributed by atoms with Gasteiger partial charge in [0.25, 0.3) is 0 Å². The fourth-order valence-corrected chi connectivity index (χ4v) is 4.43. The van der Waals surface area contributed by atoms with Crippen molar-refractivity contribution in [3.63, 3.8) is 0 Å². The highest BCUT2D eigenvalue weighted by atomic mass is 35.5. The van der Waals surface area contributed by atoms with Crippen molar-refractivity contribution >= 4 is 44.9 Å². The average Bonchev–Trinajstić information content (AvgIpc) is 2.63. The van der Waals surface area contributed by atoms with Crippen LogP contribution in [0.2, 0.25) is 5.02 Å². The third-order valence-electron chi connectivity index (χ3n) is 4.42. The molecule has 0 spiro atoms. The molecule has 0 aromatic heterocycles. The van der Waals surface area contributed by atoms with E-state index in [1.807, 2.05) is 13.0 Å². The van der Waals surface area contributed by atoms with E-state index in [2.05, 4.69) is 5.32 Å². The van der Waals surface area contributed by atoms with Gasteiger partial charge >= 0.3 is 5.97 Å².